The molecule has 4 N–H and O–H groups in total. The summed E-state index contributed by atoms with van der Waals surface area (Å²) in [6.45, 7) is 3.36. The van der Waals surface area contributed by atoms with Crippen LogP contribution in [0.15, 0.2) is 24.3 Å². The molecule has 0 bridgehead atoms. The summed E-state index contributed by atoms with van der Waals surface area (Å²) in [6.07, 6.45) is 0.0651. The number of rotatable bonds is 7. The van der Waals surface area contributed by atoms with Gasteiger partial charge in [-0.2, -0.15) is 0 Å². The predicted molar refractivity (Wildman–Crippen MR) is 88.8 cm³/mol. The largest absolute Gasteiger partial charge is 0.391 e. The van der Waals surface area contributed by atoms with Gasteiger partial charge in [-0.25, -0.2) is 8.42 Å². The zero-order valence-electron chi connectivity index (χ0n) is 13.1. The van der Waals surface area contributed by atoms with Gasteiger partial charge in [0.1, 0.15) is 0 Å². The molecule has 2 unspecified atom stereocenters. The van der Waals surface area contributed by atoms with E-state index in [9.17, 15) is 18.3 Å². The van der Waals surface area contributed by atoms with E-state index in [4.69, 9.17) is 0 Å². The fourth-order valence-corrected chi connectivity index (χ4v) is 3.60. The fourth-order valence-electron chi connectivity index (χ4n) is 2.48. The van der Waals surface area contributed by atoms with Crippen LogP contribution >= 0.6 is 0 Å². The molecular formula is C15H23N3O4S. The summed E-state index contributed by atoms with van der Waals surface area (Å²) in [7, 11) is -3.38. The fraction of sp³-hybridized carbons (Fsp3) is 0.533. The van der Waals surface area contributed by atoms with E-state index in [-0.39, 0.29) is 17.6 Å². The minimum atomic E-state index is -3.38. The van der Waals surface area contributed by atoms with E-state index in [1.54, 1.807) is 25.1 Å². The topological polar surface area (TPSA) is 108 Å². The normalized spacial score (nSPS) is 21.1. The first-order chi connectivity index (χ1) is 10.9. The number of β-amino-alcohol motifs (C(OH)–C–C–N with tert-alkyl or cyclic N) is 1. The molecule has 0 radical (unpaired) electrons. The lowest BCUT2D eigenvalue weighted by Gasteiger charge is -2.14. The Kier molecular flexibility index (Phi) is 5.97. The maximum Gasteiger partial charge on any atom is 0.251 e. The monoisotopic (exact) mass is 341 g/mol. The highest BCUT2D eigenvalue weighted by Crippen LogP contribution is 2.13. The van der Waals surface area contributed by atoms with Crippen molar-refractivity contribution in [3.63, 3.8) is 0 Å². The second-order valence-electron chi connectivity index (χ2n) is 5.70. The van der Waals surface area contributed by atoms with Gasteiger partial charge in [0.15, 0.2) is 0 Å². The Labute approximate surface area is 136 Å². The van der Waals surface area contributed by atoms with Crippen molar-refractivity contribution < 1.29 is 18.3 Å². The van der Waals surface area contributed by atoms with Crippen molar-refractivity contribution in [3.05, 3.63) is 29.8 Å². The van der Waals surface area contributed by atoms with Crippen LogP contribution in [-0.4, -0.2) is 50.9 Å². The van der Waals surface area contributed by atoms with Gasteiger partial charge in [0, 0.05) is 36.8 Å². The molecule has 1 heterocycles. The van der Waals surface area contributed by atoms with Crippen LogP contribution in [0.3, 0.4) is 0 Å². The van der Waals surface area contributed by atoms with Crippen molar-refractivity contribution in [2.75, 3.05) is 30.1 Å². The minimum Gasteiger partial charge on any atom is -0.391 e. The van der Waals surface area contributed by atoms with E-state index < -0.39 is 16.1 Å². The molecule has 2 rings (SSSR count). The maximum atomic E-state index is 12.2. The van der Waals surface area contributed by atoms with E-state index in [1.165, 1.54) is 6.07 Å². The number of hydrogen-bond acceptors (Lipinski definition) is 5. The van der Waals surface area contributed by atoms with E-state index in [1.807, 2.05) is 0 Å². The zero-order valence-corrected chi connectivity index (χ0v) is 13.9. The number of amides is 1. The highest BCUT2D eigenvalue weighted by molar-refractivity contribution is 7.92. The smallest absolute Gasteiger partial charge is 0.251 e. The van der Waals surface area contributed by atoms with E-state index in [0.717, 1.165) is 0 Å². The Hall–Kier alpha value is -1.64. The zero-order chi connectivity index (χ0) is 16.9. The summed E-state index contributed by atoms with van der Waals surface area (Å²) < 4.78 is 26.0. The molecular weight excluding hydrogens is 318 g/mol. The number of hydrogen-bond donors (Lipinski definition) is 4. The average molecular weight is 341 g/mol. The van der Waals surface area contributed by atoms with Gasteiger partial charge in [0.25, 0.3) is 5.91 Å². The first-order valence-electron chi connectivity index (χ1n) is 7.69. The quantitative estimate of drug-likeness (QED) is 0.565. The van der Waals surface area contributed by atoms with Crippen LogP contribution in [0.2, 0.25) is 0 Å². The molecule has 1 aliphatic heterocycles. The average Bonchev–Trinajstić information content (AvgIpc) is 2.89. The minimum absolute atomic E-state index is 0.00908. The summed E-state index contributed by atoms with van der Waals surface area (Å²) in [5.74, 6) is -0.262. The first-order valence-corrected chi connectivity index (χ1v) is 9.34. The van der Waals surface area contributed by atoms with Gasteiger partial charge in [-0.05, 0) is 24.6 Å². The molecule has 128 valence electrons. The Morgan fingerprint density at radius 3 is 2.83 bits per heavy atom. The van der Waals surface area contributed by atoms with Gasteiger partial charge in [-0.15, -0.1) is 0 Å². The summed E-state index contributed by atoms with van der Waals surface area (Å²) >= 11 is 0. The molecule has 1 aromatic rings. The third-order valence-electron chi connectivity index (χ3n) is 3.70. The molecule has 1 saturated heterocycles. The lowest BCUT2D eigenvalue weighted by molar-refractivity contribution is 0.0927. The molecule has 23 heavy (non-hydrogen) atoms. The number of nitrogens with one attached hydrogen (secondary N) is 3. The Balaban J connectivity index is 1.97. The Morgan fingerprint density at radius 1 is 1.39 bits per heavy atom. The highest BCUT2D eigenvalue weighted by Gasteiger charge is 2.25. The van der Waals surface area contributed by atoms with Gasteiger partial charge in [-0.1, -0.05) is 13.0 Å². The summed E-state index contributed by atoms with van der Waals surface area (Å²) in [6, 6.07) is 6.36. The number of carbonyl (C=O) groups is 1. The molecule has 0 saturated carbocycles. The van der Waals surface area contributed by atoms with Crippen LogP contribution in [0, 0.1) is 5.92 Å². The Morgan fingerprint density at radius 2 is 2.17 bits per heavy atom. The van der Waals surface area contributed by atoms with Gasteiger partial charge in [0.2, 0.25) is 10.0 Å². The van der Waals surface area contributed by atoms with Gasteiger partial charge < -0.3 is 15.7 Å². The second-order valence-corrected chi connectivity index (χ2v) is 7.54. The predicted octanol–water partition coefficient (Wildman–Crippen LogP) is 0.148. The molecule has 0 spiro atoms. The second kappa shape index (κ2) is 7.76. The summed E-state index contributed by atoms with van der Waals surface area (Å²) in [5, 5.41) is 15.5. The number of benzene rings is 1. The van der Waals surface area contributed by atoms with Crippen LogP contribution in [-0.2, 0) is 10.0 Å². The number of carbonyl (C=O) groups excluding carboxylic acids is 1. The van der Waals surface area contributed by atoms with Crippen LogP contribution < -0.4 is 15.4 Å². The van der Waals surface area contributed by atoms with Crippen molar-refractivity contribution in [3.8, 4) is 0 Å². The molecule has 1 amide bonds. The third-order valence-corrected chi connectivity index (χ3v) is 5.19. The number of aliphatic hydroxyl groups is 1. The van der Waals surface area contributed by atoms with Gasteiger partial charge in [0.05, 0.1) is 11.9 Å². The number of aliphatic hydroxyl groups excluding tert-OH is 1. The number of anilines is 1. The lowest BCUT2D eigenvalue weighted by atomic mass is 10.1. The molecule has 2 atom stereocenters. The van der Waals surface area contributed by atoms with Crippen LogP contribution in [0.5, 0.6) is 0 Å². The first kappa shape index (κ1) is 17.7. The molecule has 0 aromatic heterocycles. The molecule has 1 fully saturated rings. The molecule has 8 heteroatoms. The highest BCUT2D eigenvalue weighted by atomic mass is 32.2. The van der Waals surface area contributed by atoms with Crippen molar-refractivity contribution in [1.29, 1.82) is 0 Å². The molecule has 1 aromatic carbocycles. The Bertz CT molecular complexity index is 648. The van der Waals surface area contributed by atoms with E-state index >= 15 is 0 Å². The summed E-state index contributed by atoms with van der Waals surface area (Å²) in [4.78, 5) is 12.2. The lowest BCUT2D eigenvalue weighted by Crippen LogP contribution is -2.34. The van der Waals surface area contributed by atoms with Crippen molar-refractivity contribution >= 4 is 21.6 Å². The van der Waals surface area contributed by atoms with E-state index in [2.05, 4.69) is 15.4 Å². The molecule has 7 nitrogen and oxygen atoms in total. The van der Waals surface area contributed by atoms with Gasteiger partial charge in [-0.3, -0.25) is 9.52 Å². The van der Waals surface area contributed by atoms with Crippen molar-refractivity contribution in [2.45, 2.75) is 19.4 Å². The van der Waals surface area contributed by atoms with Crippen molar-refractivity contribution in [2.24, 2.45) is 5.92 Å². The van der Waals surface area contributed by atoms with E-state index in [0.29, 0.717) is 37.3 Å². The van der Waals surface area contributed by atoms with Gasteiger partial charge >= 0.3 is 0 Å². The summed E-state index contributed by atoms with van der Waals surface area (Å²) in [5.41, 5.74) is 0.746. The number of sulfonamides is 1. The SMILES string of the molecule is CCCS(=O)(=O)Nc1cccc(C(=O)NCC2CNCC2O)c1. The standard InChI is InChI=1S/C15H23N3O4S/c1-2-6-23(21,22)18-13-5-3-4-11(7-13)15(20)17-9-12-8-16-10-14(12)19/h3-5,7,12,14,16,18-19H,2,6,8-10H2,1H3,(H,17,20). The third kappa shape index (κ3) is 5.19. The van der Waals surface area contributed by atoms with Crippen LogP contribution in [0.4, 0.5) is 5.69 Å². The molecule has 0 aliphatic carbocycles. The van der Waals surface area contributed by atoms with Crippen LogP contribution in [0.1, 0.15) is 23.7 Å². The van der Waals surface area contributed by atoms with Crippen LogP contribution in [0.25, 0.3) is 0 Å². The van der Waals surface area contributed by atoms with Crippen molar-refractivity contribution in [1.82, 2.24) is 10.6 Å². The molecule has 1 aliphatic rings. The maximum absolute atomic E-state index is 12.2.